The molecule has 1 aliphatic heterocycles. The normalized spacial score (nSPS) is 18.4. The molecule has 1 saturated heterocycles. The van der Waals surface area contributed by atoms with E-state index in [9.17, 15) is 9.59 Å². The van der Waals surface area contributed by atoms with Crippen molar-refractivity contribution in [2.24, 2.45) is 0 Å². The standard InChI is InChI=1S/C12H12BrClN2O3/c13-7-3-4-8(14)9(6-7)15-12(19)16-5-1-2-10(16)11(17)18/h3-4,6,10H,1-2,5H2,(H,15,19)(H,17,18)/t10-/m0/s1. The Hall–Kier alpha value is -1.27. The van der Waals surface area contributed by atoms with Gasteiger partial charge in [0.05, 0.1) is 10.7 Å². The maximum atomic E-state index is 12.1. The minimum absolute atomic E-state index is 0.405. The van der Waals surface area contributed by atoms with Crippen molar-refractivity contribution >= 4 is 45.2 Å². The Labute approximate surface area is 123 Å². The van der Waals surface area contributed by atoms with Crippen molar-refractivity contribution in [3.63, 3.8) is 0 Å². The SMILES string of the molecule is O=C(O)[C@@H]1CCCN1C(=O)Nc1cc(Br)ccc1Cl. The van der Waals surface area contributed by atoms with Gasteiger partial charge in [0.15, 0.2) is 0 Å². The van der Waals surface area contributed by atoms with Gasteiger partial charge in [-0.25, -0.2) is 9.59 Å². The van der Waals surface area contributed by atoms with E-state index < -0.39 is 18.0 Å². The number of carbonyl (C=O) groups excluding carboxylic acids is 1. The van der Waals surface area contributed by atoms with Crippen LogP contribution in [0.1, 0.15) is 12.8 Å². The van der Waals surface area contributed by atoms with Gasteiger partial charge in [-0.05, 0) is 31.0 Å². The molecule has 1 atom stereocenters. The van der Waals surface area contributed by atoms with Crippen molar-refractivity contribution in [1.29, 1.82) is 0 Å². The number of halogens is 2. The molecule has 7 heteroatoms. The summed E-state index contributed by atoms with van der Waals surface area (Å²) in [5.74, 6) is -0.979. The zero-order chi connectivity index (χ0) is 14.0. The number of likely N-dealkylation sites (tertiary alicyclic amines) is 1. The molecule has 0 aromatic heterocycles. The second-order valence-electron chi connectivity index (χ2n) is 4.24. The van der Waals surface area contributed by atoms with Gasteiger partial charge in [-0.3, -0.25) is 0 Å². The quantitative estimate of drug-likeness (QED) is 0.863. The van der Waals surface area contributed by atoms with Crippen LogP contribution >= 0.6 is 27.5 Å². The number of anilines is 1. The highest BCUT2D eigenvalue weighted by Crippen LogP contribution is 2.27. The Morgan fingerprint density at radius 3 is 2.89 bits per heavy atom. The van der Waals surface area contributed by atoms with E-state index in [1.165, 1.54) is 4.90 Å². The summed E-state index contributed by atoms with van der Waals surface area (Å²) in [4.78, 5) is 24.4. The number of amides is 2. The van der Waals surface area contributed by atoms with Crippen molar-refractivity contribution < 1.29 is 14.7 Å². The molecule has 19 heavy (non-hydrogen) atoms. The van der Waals surface area contributed by atoms with Crippen LogP contribution in [0.25, 0.3) is 0 Å². The topological polar surface area (TPSA) is 69.6 Å². The fraction of sp³-hybridized carbons (Fsp3) is 0.333. The molecule has 2 amide bonds. The van der Waals surface area contributed by atoms with Gasteiger partial charge in [0.25, 0.3) is 0 Å². The first-order chi connectivity index (χ1) is 8.99. The molecule has 0 unspecified atom stereocenters. The molecule has 2 N–H and O–H groups in total. The molecule has 102 valence electrons. The summed E-state index contributed by atoms with van der Waals surface area (Å²) in [5, 5.41) is 12.1. The summed E-state index contributed by atoms with van der Waals surface area (Å²) in [6.07, 6.45) is 1.17. The van der Waals surface area contributed by atoms with E-state index in [4.69, 9.17) is 16.7 Å². The van der Waals surface area contributed by atoms with Crippen LogP contribution in [-0.4, -0.2) is 34.6 Å². The van der Waals surface area contributed by atoms with E-state index in [1.54, 1.807) is 18.2 Å². The lowest BCUT2D eigenvalue weighted by Gasteiger charge is -2.22. The molecule has 0 bridgehead atoms. The molecule has 5 nitrogen and oxygen atoms in total. The van der Waals surface area contributed by atoms with Crippen LogP contribution in [-0.2, 0) is 4.79 Å². The summed E-state index contributed by atoms with van der Waals surface area (Å²) in [7, 11) is 0. The van der Waals surface area contributed by atoms with E-state index in [0.717, 1.165) is 4.47 Å². The lowest BCUT2D eigenvalue weighted by atomic mass is 10.2. The Kier molecular flexibility index (Phi) is 4.31. The van der Waals surface area contributed by atoms with Crippen LogP contribution in [0.3, 0.4) is 0 Å². The predicted octanol–water partition coefficient (Wildman–Crippen LogP) is 3.18. The maximum Gasteiger partial charge on any atom is 0.326 e. The number of carboxylic acid groups (broad SMARTS) is 1. The third-order valence-corrected chi connectivity index (χ3v) is 3.79. The van der Waals surface area contributed by atoms with Crippen LogP contribution < -0.4 is 5.32 Å². The molecule has 2 rings (SSSR count). The Morgan fingerprint density at radius 2 is 2.21 bits per heavy atom. The molecule has 1 fully saturated rings. The average molecular weight is 348 g/mol. The van der Waals surface area contributed by atoms with Crippen molar-refractivity contribution in [3.8, 4) is 0 Å². The summed E-state index contributed by atoms with van der Waals surface area (Å²) in [6, 6.07) is 3.88. The van der Waals surface area contributed by atoms with E-state index in [-0.39, 0.29) is 0 Å². The summed E-state index contributed by atoms with van der Waals surface area (Å²) >= 11 is 9.26. The van der Waals surface area contributed by atoms with E-state index in [2.05, 4.69) is 21.2 Å². The monoisotopic (exact) mass is 346 g/mol. The van der Waals surface area contributed by atoms with Gasteiger partial charge in [0, 0.05) is 11.0 Å². The first-order valence-electron chi connectivity index (χ1n) is 5.74. The van der Waals surface area contributed by atoms with Gasteiger partial charge in [-0.2, -0.15) is 0 Å². The predicted molar refractivity (Wildman–Crippen MR) is 75.5 cm³/mol. The highest BCUT2D eigenvalue weighted by molar-refractivity contribution is 9.10. The molecule has 0 saturated carbocycles. The Bertz CT molecular complexity index is 524. The zero-order valence-electron chi connectivity index (χ0n) is 9.90. The van der Waals surface area contributed by atoms with Crippen LogP contribution in [0.2, 0.25) is 5.02 Å². The van der Waals surface area contributed by atoms with E-state index in [0.29, 0.717) is 30.1 Å². The van der Waals surface area contributed by atoms with E-state index >= 15 is 0 Å². The number of carboxylic acids is 1. The van der Waals surface area contributed by atoms with Gasteiger partial charge in [-0.1, -0.05) is 27.5 Å². The number of carbonyl (C=O) groups is 2. The maximum absolute atomic E-state index is 12.1. The number of aliphatic carboxylic acids is 1. The van der Waals surface area contributed by atoms with Gasteiger partial charge in [0.2, 0.25) is 0 Å². The minimum Gasteiger partial charge on any atom is -0.480 e. The molecule has 0 radical (unpaired) electrons. The lowest BCUT2D eigenvalue weighted by Crippen LogP contribution is -2.42. The third kappa shape index (κ3) is 3.19. The number of rotatable bonds is 2. The highest BCUT2D eigenvalue weighted by Gasteiger charge is 2.34. The molecule has 0 spiro atoms. The smallest absolute Gasteiger partial charge is 0.326 e. The van der Waals surface area contributed by atoms with Gasteiger partial charge in [0.1, 0.15) is 6.04 Å². The zero-order valence-corrected chi connectivity index (χ0v) is 12.2. The third-order valence-electron chi connectivity index (χ3n) is 2.97. The summed E-state index contributed by atoms with van der Waals surface area (Å²) in [6.45, 7) is 0.439. The number of benzene rings is 1. The highest BCUT2D eigenvalue weighted by atomic mass is 79.9. The summed E-state index contributed by atoms with van der Waals surface area (Å²) in [5.41, 5.74) is 0.456. The molecule has 1 heterocycles. The number of nitrogens with zero attached hydrogens (tertiary/aromatic N) is 1. The van der Waals surface area contributed by atoms with Crippen LogP contribution in [0, 0.1) is 0 Å². The lowest BCUT2D eigenvalue weighted by molar-refractivity contribution is -0.141. The molecular weight excluding hydrogens is 336 g/mol. The molecule has 0 aliphatic carbocycles. The average Bonchev–Trinajstić information content (AvgIpc) is 2.83. The van der Waals surface area contributed by atoms with Crippen molar-refractivity contribution in [2.75, 3.05) is 11.9 Å². The first kappa shape index (κ1) is 14.1. The molecule has 1 aliphatic rings. The fourth-order valence-electron chi connectivity index (χ4n) is 2.05. The van der Waals surface area contributed by atoms with Crippen LogP contribution in [0.4, 0.5) is 10.5 Å². The fourth-order valence-corrected chi connectivity index (χ4v) is 2.57. The number of hydrogen-bond donors (Lipinski definition) is 2. The Balaban J connectivity index is 2.12. The summed E-state index contributed by atoms with van der Waals surface area (Å²) < 4.78 is 0.781. The molecular formula is C12H12BrClN2O3. The van der Waals surface area contributed by atoms with Gasteiger partial charge < -0.3 is 15.3 Å². The first-order valence-corrected chi connectivity index (χ1v) is 6.91. The van der Waals surface area contributed by atoms with E-state index in [1.807, 2.05) is 0 Å². The van der Waals surface area contributed by atoms with Crippen molar-refractivity contribution in [1.82, 2.24) is 4.90 Å². The van der Waals surface area contributed by atoms with Crippen LogP contribution in [0.5, 0.6) is 0 Å². The largest absolute Gasteiger partial charge is 0.480 e. The Morgan fingerprint density at radius 1 is 1.47 bits per heavy atom. The van der Waals surface area contributed by atoms with Crippen molar-refractivity contribution in [3.05, 3.63) is 27.7 Å². The minimum atomic E-state index is -0.979. The molecule has 1 aromatic carbocycles. The van der Waals surface area contributed by atoms with Gasteiger partial charge in [-0.15, -0.1) is 0 Å². The second-order valence-corrected chi connectivity index (χ2v) is 5.57. The second kappa shape index (κ2) is 5.79. The number of hydrogen-bond acceptors (Lipinski definition) is 2. The van der Waals surface area contributed by atoms with Crippen LogP contribution in [0.15, 0.2) is 22.7 Å². The van der Waals surface area contributed by atoms with Gasteiger partial charge >= 0.3 is 12.0 Å². The van der Waals surface area contributed by atoms with Crippen molar-refractivity contribution in [2.45, 2.75) is 18.9 Å². The number of urea groups is 1. The number of nitrogens with one attached hydrogen (secondary N) is 1. The molecule has 1 aromatic rings.